The van der Waals surface area contributed by atoms with Crippen LogP contribution in [0.25, 0.3) is 0 Å². The summed E-state index contributed by atoms with van der Waals surface area (Å²) >= 11 is 0. The third kappa shape index (κ3) is 3.77. The minimum atomic E-state index is -0.975. The number of fused-ring (bicyclic) bond motifs is 3. The van der Waals surface area contributed by atoms with Crippen LogP contribution in [0.5, 0.6) is 0 Å². The summed E-state index contributed by atoms with van der Waals surface area (Å²) in [6, 6.07) is 0.379. The zero-order chi connectivity index (χ0) is 18.2. The van der Waals surface area contributed by atoms with E-state index in [1.165, 1.54) is 0 Å². The first-order valence-electron chi connectivity index (χ1n) is 9.02. The van der Waals surface area contributed by atoms with Gasteiger partial charge < -0.3 is 10.0 Å². The van der Waals surface area contributed by atoms with E-state index in [0.29, 0.717) is 24.2 Å². The van der Waals surface area contributed by atoms with E-state index in [1.807, 2.05) is 17.9 Å². The highest BCUT2D eigenvalue weighted by Gasteiger charge is 2.44. The monoisotopic (exact) mass is 347 g/mol. The molecule has 0 aliphatic carbocycles. The molecule has 1 aromatic rings. The van der Waals surface area contributed by atoms with Gasteiger partial charge in [-0.3, -0.25) is 14.4 Å². The molecule has 3 fully saturated rings. The molecule has 7 heteroatoms. The van der Waals surface area contributed by atoms with E-state index in [-0.39, 0.29) is 11.8 Å². The first-order chi connectivity index (χ1) is 11.8. The van der Waals surface area contributed by atoms with Crippen molar-refractivity contribution < 1.29 is 9.90 Å². The largest absolute Gasteiger partial charge is 0.384 e. The lowest BCUT2D eigenvalue weighted by molar-refractivity contribution is -0.142. The predicted octanol–water partition coefficient (Wildman–Crippen LogP) is 0.860. The van der Waals surface area contributed by atoms with Crippen LogP contribution in [0.4, 0.5) is 0 Å². The molecule has 4 heterocycles. The van der Waals surface area contributed by atoms with Gasteiger partial charge in [-0.1, -0.05) is 11.3 Å². The lowest BCUT2D eigenvalue weighted by Gasteiger charge is -2.49. The summed E-state index contributed by atoms with van der Waals surface area (Å²) in [4.78, 5) is 16.8. The molecule has 3 aliphatic heterocycles. The molecule has 7 nitrogen and oxygen atoms in total. The molecular formula is C18H29N5O2. The van der Waals surface area contributed by atoms with Crippen LogP contribution < -0.4 is 0 Å². The summed E-state index contributed by atoms with van der Waals surface area (Å²) in [6.45, 7) is 10.4. The molecule has 4 rings (SSSR count). The Bertz CT molecular complexity index is 636. The molecule has 0 saturated carbocycles. The van der Waals surface area contributed by atoms with E-state index < -0.39 is 5.60 Å². The molecular weight excluding hydrogens is 318 g/mol. The van der Waals surface area contributed by atoms with Crippen molar-refractivity contribution in [2.45, 2.75) is 44.9 Å². The van der Waals surface area contributed by atoms with Crippen LogP contribution in [0.1, 0.15) is 32.4 Å². The van der Waals surface area contributed by atoms with Crippen molar-refractivity contribution in [2.75, 3.05) is 26.7 Å². The summed E-state index contributed by atoms with van der Waals surface area (Å²) in [5.41, 5.74) is -0.389. The van der Waals surface area contributed by atoms with E-state index in [0.717, 1.165) is 32.5 Å². The topological polar surface area (TPSA) is 74.5 Å². The normalized spacial score (nSPS) is 28.8. The number of aliphatic hydroxyl groups is 1. The highest BCUT2D eigenvalue weighted by Crippen LogP contribution is 2.37. The Morgan fingerprint density at radius 3 is 2.88 bits per heavy atom. The molecule has 4 atom stereocenters. The van der Waals surface area contributed by atoms with Gasteiger partial charge in [-0.05, 0) is 39.2 Å². The zero-order valence-corrected chi connectivity index (χ0v) is 15.4. The van der Waals surface area contributed by atoms with Crippen LogP contribution in [-0.2, 0) is 16.9 Å². The lowest BCUT2D eigenvalue weighted by Crippen LogP contribution is -2.58. The van der Waals surface area contributed by atoms with Crippen LogP contribution in [0.15, 0.2) is 18.9 Å². The van der Waals surface area contributed by atoms with E-state index in [2.05, 4.69) is 21.8 Å². The van der Waals surface area contributed by atoms with Gasteiger partial charge in [0.2, 0.25) is 5.91 Å². The number of nitrogens with zero attached hydrogens (tertiary/aromatic N) is 5. The fourth-order valence-corrected chi connectivity index (χ4v) is 4.06. The van der Waals surface area contributed by atoms with Crippen molar-refractivity contribution in [3.8, 4) is 0 Å². The maximum atomic E-state index is 12.7. The Morgan fingerprint density at radius 2 is 2.32 bits per heavy atom. The van der Waals surface area contributed by atoms with Crippen LogP contribution >= 0.6 is 0 Å². The van der Waals surface area contributed by atoms with Gasteiger partial charge in [0.05, 0.1) is 18.7 Å². The van der Waals surface area contributed by atoms with Crippen molar-refractivity contribution in [1.29, 1.82) is 0 Å². The lowest BCUT2D eigenvalue weighted by atomic mass is 9.75. The van der Waals surface area contributed by atoms with E-state index in [4.69, 9.17) is 0 Å². The molecule has 3 aliphatic rings. The highest BCUT2D eigenvalue weighted by atomic mass is 16.3. The van der Waals surface area contributed by atoms with Crippen molar-refractivity contribution in [3.63, 3.8) is 0 Å². The zero-order valence-electron chi connectivity index (χ0n) is 15.4. The number of carbonyl (C=O) groups excluding carboxylic acids is 1. The van der Waals surface area contributed by atoms with Gasteiger partial charge in [-0.15, -0.1) is 11.7 Å². The molecule has 138 valence electrons. The molecule has 1 amide bonds. The molecule has 1 N–H and O–H groups in total. The number of carbonyl (C=O) groups is 1. The fourth-order valence-electron chi connectivity index (χ4n) is 4.06. The second kappa shape index (κ2) is 6.88. The van der Waals surface area contributed by atoms with Crippen molar-refractivity contribution in [3.05, 3.63) is 24.5 Å². The van der Waals surface area contributed by atoms with Crippen molar-refractivity contribution in [1.82, 2.24) is 24.8 Å². The van der Waals surface area contributed by atoms with E-state index in [1.54, 1.807) is 24.8 Å². The van der Waals surface area contributed by atoms with Crippen LogP contribution in [0, 0.1) is 11.8 Å². The van der Waals surface area contributed by atoms with Crippen LogP contribution in [-0.4, -0.2) is 68.5 Å². The Kier molecular flexibility index (Phi) is 4.97. The minimum Gasteiger partial charge on any atom is -0.384 e. The molecule has 25 heavy (non-hydrogen) atoms. The quantitative estimate of drug-likeness (QED) is 0.773. The molecule has 4 unspecified atom stereocenters. The summed E-state index contributed by atoms with van der Waals surface area (Å²) in [6.07, 6.45) is 5.69. The van der Waals surface area contributed by atoms with Crippen LogP contribution in [0.2, 0.25) is 0 Å². The molecule has 0 spiro atoms. The number of likely N-dealkylation sites (N-methyl/N-ethyl adjacent to an activating group) is 1. The Labute approximate surface area is 149 Å². The number of rotatable bonds is 6. The molecule has 3 saturated heterocycles. The first-order valence-corrected chi connectivity index (χ1v) is 9.02. The van der Waals surface area contributed by atoms with Crippen molar-refractivity contribution in [2.24, 2.45) is 11.8 Å². The smallest absolute Gasteiger partial charge is 0.227 e. The second-order valence-electron chi connectivity index (χ2n) is 7.93. The molecule has 1 aromatic heterocycles. The van der Waals surface area contributed by atoms with Gasteiger partial charge in [0, 0.05) is 26.2 Å². The second-order valence-corrected chi connectivity index (χ2v) is 7.93. The number of piperidine rings is 3. The van der Waals surface area contributed by atoms with Gasteiger partial charge in [0.25, 0.3) is 0 Å². The number of aromatic nitrogens is 3. The minimum absolute atomic E-state index is 0.0950. The Morgan fingerprint density at radius 1 is 1.56 bits per heavy atom. The maximum Gasteiger partial charge on any atom is 0.227 e. The Balaban J connectivity index is 1.63. The first kappa shape index (κ1) is 18.1. The fraction of sp³-hybridized carbons (Fsp3) is 0.722. The van der Waals surface area contributed by atoms with E-state index >= 15 is 0 Å². The average molecular weight is 347 g/mol. The Hall–Kier alpha value is -1.73. The van der Waals surface area contributed by atoms with Gasteiger partial charge >= 0.3 is 0 Å². The van der Waals surface area contributed by atoms with Gasteiger partial charge in [-0.2, -0.15) is 0 Å². The van der Waals surface area contributed by atoms with Gasteiger partial charge in [0.15, 0.2) is 0 Å². The van der Waals surface area contributed by atoms with Crippen molar-refractivity contribution >= 4 is 5.91 Å². The molecule has 2 bridgehead atoms. The third-order valence-electron chi connectivity index (χ3n) is 5.54. The van der Waals surface area contributed by atoms with Gasteiger partial charge in [-0.25, -0.2) is 0 Å². The summed E-state index contributed by atoms with van der Waals surface area (Å²) in [5, 5.41) is 18.3. The summed E-state index contributed by atoms with van der Waals surface area (Å²) in [7, 11) is 1.85. The number of hydrogen-bond donors (Lipinski definition) is 1. The summed E-state index contributed by atoms with van der Waals surface area (Å²) in [5.74, 6) is 0.766. The standard InChI is InChI=1S/C18H29N5O2/c1-5-7-21(4)17(24)15-11-22-8-6-13(15)9-14(22)10-23-12-16(19-20-23)18(2,3)25/h5,12-15,25H,1,6-11H2,2-4H3. The summed E-state index contributed by atoms with van der Waals surface area (Å²) < 4.78 is 1.82. The van der Waals surface area contributed by atoms with E-state index in [9.17, 15) is 9.90 Å². The SMILES string of the molecule is C=CCN(C)C(=O)C1CN2CCC1CC2Cn1cc(C(C)(C)O)nn1. The molecule has 0 aromatic carbocycles. The van der Waals surface area contributed by atoms with Crippen LogP contribution in [0.3, 0.4) is 0 Å². The molecule has 0 radical (unpaired) electrons. The highest BCUT2D eigenvalue weighted by molar-refractivity contribution is 5.79. The predicted molar refractivity (Wildman–Crippen MR) is 94.7 cm³/mol. The number of amides is 1. The number of hydrogen-bond acceptors (Lipinski definition) is 5. The maximum absolute atomic E-state index is 12.7. The third-order valence-corrected chi connectivity index (χ3v) is 5.54. The van der Waals surface area contributed by atoms with Gasteiger partial charge in [0.1, 0.15) is 11.3 Å². The average Bonchev–Trinajstić information content (AvgIpc) is 3.04.